The Morgan fingerprint density at radius 1 is 1.16 bits per heavy atom. The van der Waals surface area contributed by atoms with Crippen LogP contribution in [0, 0.1) is 18.7 Å². The second-order valence-electron chi connectivity index (χ2n) is 9.17. The Bertz CT molecular complexity index is 1260. The smallest absolute Gasteiger partial charge is 0.377 e. The van der Waals surface area contributed by atoms with Gasteiger partial charge in [-0.05, 0) is 54.3 Å². The number of azo groups is 1. The lowest BCUT2D eigenvalue weighted by atomic mass is 10.0. The number of benzene rings is 2. The van der Waals surface area contributed by atoms with Crippen LogP contribution in [0.5, 0.6) is 0 Å². The molecule has 2 aromatic carbocycles. The third-order valence-electron chi connectivity index (χ3n) is 6.14. The highest BCUT2D eigenvalue weighted by Crippen LogP contribution is 2.32. The van der Waals surface area contributed by atoms with Crippen molar-refractivity contribution in [2.24, 2.45) is 16.1 Å². The first-order valence-electron chi connectivity index (χ1n) is 11.9. The quantitative estimate of drug-likeness (QED) is 0.275. The summed E-state index contributed by atoms with van der Waals surface area (Å²) < 4.78 is 59.0. The summed E-state index contributed by atoms with van der Waals surface area (Å²) in [5, 5.41) is 11.3. The average Bonchev–Trinajstić information content (AvgIpc) is 2.86. The number of aromatic nitrogens is 2. The van der Waals surface area contributed by atoms with E-state index >= 15 is 0 Å². The number of alkyl halides is 3. The van der Waals surface area contributed by atoms with E-state index in [0.717, 1.165) is 29.5 Å². The largest absolute Gasteiger partial charge is 0.416 e. The lowest BCUT2D eigenvalue weighted by Gasteiger charge is -2.38. The summed E-state index contributed by atoms with van der Waals surface area (Å²) in [5.74, 6) is -0.0296. The zero-order valence-electron chi connectivity index (χ0n) is 20.8. The SMILES string of the molecule is Cc1cc(Nc2cccc(C(F)(F)F)c2)ccc1CN=Nc1ncc(F)c(N2CCOCC2C(C)C)n1. The molecule has 1 aromatic heterocycles. The number of aryl methyl sites for hydroxylation is 1. The monoisotopic (exact) mass is 516 g/mol. The van der Waals surface area contributed by atoms with Crippen molar-refractivity contribution in [3.63, 3.8) is 0 Å². The Hall–Kier alpha value is -3.60. The number of ether oxygens (including phenoxy) is 1. The van der Waals surface area contributed by atoms with Gasteiger partial charge in [0, 0.05) is 17.9 Å². The normalized spacial score (nSPS) is 16.5. The van der Waals surface area contributed by atoms with Gasteiger partial charge in [-0.2, -0.15) is 23.3 Å². The molecule has 0 radical (unpaired) electrons. The zero-order chi connectivity index (χ0) is 26.6. The average molecular weight is 517 g/mol. The van der Waals surface area contributed by atoms with Crippen LogP contribution in [0.4, 0.5) is 40.7 Å². The molecule has 1 aliphatic heterocycles. The van der Waals surface area contributed by atoms with E-state index < -0.39 is 17.6 Å². The fraction of sp³-hybridized carbons (Fsp3) is 0.385. The van der Waals surface area contributed by atoms with Crippen LogP contribution >= 0.6 is 0 Å². The molecule has 37 heavy (non-hydrogen) atoms. The topological polar surface area (TPSA) is 75.0 Å². The van der Waals surface area contributed by atoms with Crippen molar-refractivity contribution in [1.29, 1.82) is 0 Å². The summed E-state index contributed by atoms with van der Waals surface area (Å²) in [4.78, 5) is 10.1. The molecule has 0 aliphatic carbocycles. The first kappa shape index (κ1) is 26.5. The molecule has 1 N–H and O–H groups in total. The molecule has 1 saturated heterocycles. The van der Waals surface area contributed by atoms with Crippen LogP contribution in [-0.4, -0.2) is 35.8 Å². The van der Waals surface area contributed by atoms with Crippen LogP contribution in [0.25, 0.3) is 0 Å². The van der Waals surface area contributed by atoms with Gasteiger partial charge in [0.25, 0.3) is 5.95 Å². The summed E-state index contributed by atoms with van der Waals surface area (Å²) in [5.41, 5.74) is 2.02. The molecule has 7 nitrogen and oxygen atoms in total. The number of hydrogen-bond donors (Lipinski definition) is 1. The Morgan fingerprint density at radius 2 is 1.95 bits per heavy atom. The number of hydrogen-bond acceptors (Lipinski definition) is 7. The summed E-state index contributed by atoms with van der Waals surface area (Å²) >= 11 is 0. The molecule has 11 heteroatoms. The first-order valence-corrected chi connectivity index (χ1v) is 11.9. The molecule has 1 fully saturated rings. The van der Waals surface area contributed by atoms with Gasteiger partial charge in [0.1, 0.15) is 0 Å². The molecule has 4 rings (SSSR count). The van der Waals surface area contributed by atoms with E-state index in [1.807, 2.05) is 24.0 Å². The van der Waals surface area contributed by atoms with E-state index in [4.69, 9.17) is 4.74 Å². The summed E-state index contributed by atoms with van der Waals surface area (Å²) in [6.07, 6.45) is -3.31. The molecular formula is C26H28F4N6O. The van der Waals surface area contributed by atoms with Gasteiger partial charge >= 0.3 is 6.18 Å². The Labute approximate surface area is 212 Å². The first-order chi connectivity index (χ1) is 17.6. The maximum atomic E-state index is 14.6. The van der Waals surface area contributed by atoms with Gasteiger partial charge in [0.05, 0.1) is 37.6 Å². The molecule has 196 valence electrons. The van der Waals surface area contributed by atoms with Gasteiger partial charge in [0.2, 0.25) is 0 Å². The van der Waals surface area contributed by atoms with E-state index in [0.29, 0.717) is 31.1 Å². The highest BCUT2D eigenvalue weighted by atomic mass is 19.4. The fourth-order valence-electron chi connectivity index (χ4n) is 4.10. The number of nitrogens with zero attached hydrogens (tertiary/aromatic N) is 5. The molecule has 0 spiro atoms. The summed E-state index contributed by atoms with van der Waals surface area (Å²) in [6.45, 7) is 7.71. The Morgan fingerprint density at radius 3 is 2.68 bits per heavy atom. The van der Waals surface area contributed by atoms with E-state index in [1.54, 1.807) is 12.1 Å². The van der Waals surface area contributed by atoms with Crippen molar-refractivity contribution in [2.45, 2.75) is 39.5 Å². The zero-order valence-corrected chi connectivity index (χ0v) is 20.8. The van der Waals surface area contributed by atoms with Gasteiger partial charge in [-0.15, -0.1) is 5.11 Å². The van der Waals surface area contributed by atoms with Gasteiger partial charge in [-0.3, -0.25) is 0 Å². The predicted octanol–water partition coefficient (Wildman–Crippen LogP) is 6.83. The maximum absolute atomic E-state index is 14.6. The molecule has 1 aliphatic rings. The Balaban J connectivity index is 1.44. The third kappa shape index (κ3) is 6.59. The summed E-state index contributed by atoms with van der Waals surface area (Å²) in [7, 11) is 0. The van der Waals surface area contributed by atoms with Crippen molar-refractivity contribution in [1.82, 2.24) is 9.97 Å². The molecule has 0 amide bonds. The standard InChI is InChI=1S/C26H28F4N6O/c1-16(2)23-15-37-10-9-36(23)24-22(27)14-31-25(34-24)35-32-13-18-7-8-21(11-17(18)3)33-20-6-4-5-19(12-20)26(28,29)30/h4-8,11-12,14,16,23,33H,9-10,13,15H2,1-3H3. The van der Waals surface area contributed by atoms with Crippen molar-refractivity contribution >= 4 is 23.1 Å². The van der Waals surface area contributed by atoms with Crippen LogP contribution in [0.15, 0.2) is 58.9 Å². The van der Waals surface area contributed by atoms with Crippen molar-refractivity contribution < 1.29 is 22.3 Å². The van der Waals surface area contributed by atoms with Crippen molar-refractivity contribution in [3.05, 3.63) is 71.2 Å². The van der Waals surface area contributed by atoms with Crippen molar-refractivity contribution in [2.75, 3.05) is 30.0 Å². The lowest BCUT2D eigenvalue weighted by molar-refractivity contribution is -0.137. The van der Waals surface area contributed by atoms with Gasteiger partial charge in [-0.25, -0.2) is 9.37 Å². The summed E-state index contributed by atoms with van der Waals surface area (Å²) in [6, 6.07) is 10.4. The van der Waals surface area contributed by atoms with Crippen molar-refractivity contribution in [3.8, 4) is 0 Å². The van der Waals surface area contributed by atoms with E-state index in [-0.39, 0.29) is 30.3 Å². The molecular weight excluding hydrogens is 488 g/mol. The minimum Gasteiger partial charge on any atom is -0.377 e. The van der Waals surface area contributed by atoms with Gasteiger partial charge in [0.15, 0.2) is 11.6 Å². The molecule has 3 aromatic rings. The molecule has 2 heterocycles. The van der Waals surface area contributed by atoms with Crippen LogP contribution < -0.4 is 10.2 Å². The number of nitrogens with one attached hydrogen (secondary N) is 1. The van der Waals surface area contributed by atoms with E-state index in [1.165, 1.54) is 6.07 Å². The number of rotatable bonds is 7. The molecule has 1 unspecified atom stereocenters. The van der Waals surface area contributed by atoms with Crippen LogP contribution in [0.3, 0.4) is 0 Å². The Kier molecular flexibility index (Phi) is 8.01. The van der Waals surface area contributed by atoms with Crippen LogP contribution in [-0.2, 0) is 17.5 Å². The third-order valence-corrected chi connectivity index (χ3v) is 6.14. The maximum Gasteiger partial charge on any atom is 0.416 e. The van der Waals surface area contributed by atoms with E-state index in [2.05, 4.69) is 39.4 Å². The molecule has 0 saturated carbocycles. The predicted molar refractivity (Wildman–Crippen MR) is 133 cm³/mol. The number of anilines is 3. The highest BCUT2D eigenvalue weighted by Gasteiger charge is 2.31. The highest BCUT2D eigenvalue weighted by molar-refractivity contribution is 5.62. The second kappa shape index (κ2) is 11.2. The number of halogens is 4. The molecule has 1 atom stereocenters. The second-order valence-corrected chi connectivity index (χ2v) is 9.17. The van der Waals surface area contributed by atoms with Crippen LogP contribution in [0.1, 0.15) is 30.5 Å². The minimum atomic E-state index is -4.41. The minimum absolute atomic E-state index is 0.00588. The van der Waals surface area contributed by atoms with Crippen LogP contribution in [0.2, 0.25) is 0 Å². The van der Waals surface area contributed by atoms with Gasteiger partial charge < -0.3 is 15.0 Å². The van der Waals surface area contributed by atoms with Gasteiger partial charge in [-0.1, -0.05) is 26.0 Å². The lowest BCUT2D eigenvalue weighted by Crippen LogP contribution is -2.49. The molecule has 0 bridgehead atoms. The van der Waals surface area contributed by atoms with E-state index in [9.17, 15) is 17.6 Å². The fourth-order valence-corrected chi connectivity index (χ4v) is 4.10. The number of morpholine rings is 1.